The molecule has 5 nitrogen and oxygen atoms in total. The zero-order valence-corrected chi connectivity index (χ0v) is 14.1. The van der Waals surface area contributed by atoms with Gasteiger partial charge in [-0.1, -0.05) is 23.7 Å². The van der Waals surface area contributed by atoms with Crippen LogP contribution in [-0.2, 0) is 6.42 Å². The van der Waals surface area contributed by atoms with Crippen LogP contribution in [0, 0.1) is 0 Å². The van der Waals surface area contributed by atoms with Crippen LogP contribution in [-0.4, -0.2) is 23.1 Å². The monoisotopic (exact) mass is 358 g/mol. The Morgan fingerprint density at radius 1 is 1.20 bits per heavy atom. The molecule has 0 fully saturated rings. The van der Waals surface area contributed by atoms with E-state index in [-0.39, 0.29) is 28.8 Å². The van der Waals surface area contributed by atoms with Crippen molar-refractivity contribution in [3.63, 3.8) is 0 Å². The fraction of sp³-hybridized carbons (Fsp3) is 0.211. The molecule has 1 unspecified atom stereocenters. The van der Waals surface area contributed by atoms with Gasteiger partial charge in [-0.3, -0.25) is 4.79 Å². The molecular weight excluding hydrogens is 344 g/mol. The van der Waals surface area contributed by atoms with Gasteiger partial charge in [0.2, 0.25) is 11.5 Å². The number of ketones is 1. The van der Waals surface area contributed by atoms with Gasteiger partial charge in [0.25, 0.3) is 0 Å². The number of hydrogen-bond acceptors (Lipinski definition) is 5. The predicted molar refractivity (Wildman–Crippen MR) is 92.9 cm³/mol. The maximum absolute atomic E-state index is 12.7. The van der Waals surface area contributed by atoms with Crippen molar-refractivity contribution in [1.82, 2.24) is 0 Å². The van der Waals surface area contributed by atoms with E-state index in [0.717, 1.165) is 5.56 Å². The summed E-state index contributed by atoms with van der Waals surface area (Å²) in [4.78, 5) is 12.7. The summed E-state index contributed by atoms with van der Waals surface area (Å²) in [5.41, 5.74) is 1.74. The smallest absolute Gasteiger partial charge is 0.208 e. The van der Waals surface area contributed by atoms with Gasteiger partial charge < -0.3 is 19.4 Å². The third-order valence-corrected chi connectivity index (χ3v) is 4.90. The number of phenolic OH excluding ortho intramolecular Hbond substituents is 2. The summed E-state index contributed by atoms with van der Waals surface area (Å²) < 4.78 is 11.0. The standard InChI is InChI=1S/C19H15ClO5/c1-24-19-17(23)14(22)8-12-16-13(21)6-10(7-15(16)25-18(12)19)9-2-4-11(20)5-3-9/h2-5,8,10,22-23H,6-7H2,1H3. The highest BCUT2D eigenvalue weighted by Gasteiger charge is 2.33. The molecule has 0 amide bonds. The molecule has 1 atom stereocenters. The Bertz CT molecular complexity index is 987. The molecule has 3 aromatic rings. The van der Waals surface area contributed by atoms with Crippen molar-refractivity contribution in [2.45, 2.75) is 18.8 Å². The van der Waals surface area contributed by atoms with E-state index in [1.54, 1.807) is 12.1 Å². The number of halogens is 1. The van der Waals surface area contributed by atoms with Crippen LogP contribution in [0.4, 0.5) is 0 Å². The lowest BCUT2D eigenvalue weighted by molar-refractivity contribution is 0.0962. The summed E-state index contributed by atoms with van der Waals surface area (Å²) in [6.07, 6.45) is 0.884. The molecule has 4 rings (SSSR count). The van der Waals surface area contributed by atoms with Crippen molar-refractivity contribution in [2.75, 3.05) is 7.11 Å². The van der Waals surface area contributed by atoms with Crippen LogP contribution < -0.4 is 4.74 Å². The van der Waals surface area contributed by atoms with Gasteiger partial charge in [-0.15, -0.1) is 0 Å². The van der Waals surface area contributed by atoms with Gasteiger partial charge in [0.15, 0.2) is 17.1 Å². The fourth-order valence-electron chi connectivity index (χ4n) is 3.46. The van der Waals surface area contributed by atoms with Gasteiger partial charge in [-0.2, -0.15) is 0 Å². The second-order valence-electron chi connectivity index (χ2n) is 6.13. The summed E-state index contributed by atoms with van der Waals surface area (Å²) >= 11 is 5.93. The van der Waals surface area contributed by atoms with Gasteiger partial charge >= 0.3 is 0 Å². The molecule has 0 spiro atoms. The number of carbonyl (C=O) groups is 1. The second kappa shape index (κ2) is 5.70. The van der Waals surface area contributed by atoms with Crippen LogP contribution >= 0.6 is 11.6 Å². The van der Waals surface area contributed by atoms with E-state index < -0.39 is 5.75 Å². The molecule has 2 aromatic carbocycles. The Kier molecular flexibility index (Phi) is 3.62. The number of ether oxygens (including phenoxy) is 1. The van der Waals surface area contributed by atoms with E-state index in [1.165, 1.54) is 13.2 Å². The molecule has 1 heterocycles. The lowest BCUT2D eigenvalue weighted by Gasteiger charge is -2.20. The molecule has 0 radical (unpaired) electrons. The van der Waals surface area contributed by atoms with E-state index in [2.05, 4.69) is 0 Å². The summed E-state index contributed by atoms with van der Waals surface area (Å²) in [5, 5.41) is 20.9. The van der Waals surface area contributed by atoms with E-state index >= 15 is 0 Å². The normalized spacial score (nSPS) is 16.9. The average Bonchev–Trinajstić information content (AvgIpc) is 2.95. The van der Waals surface area contributed by atoms with Gasteiger partial charge in [0.1, 0.15) is 5.76 Å². The van der Waals surface area contributed by atoms with Crippen LogP contribution in [0.2, 0.25) is 5.02 Å². The Morgan fingerprint density at radius 3 is 2.60 bits per heavy atom. The van der Waals surface area contributed by atoms with Crippen molar-refractivity contribution < 1.29 is 24.2 Å². The van der Waals surface area contributed by atoms with Crippen LogP contribution in [0.15, 0.2) is 34.7 Å². The van der Waals surface area contributed by atoms with Crippen molar-refractivity contribution in [3.8, 4) is 17.2 Å². The lowest BCUT2D eigenvalue weighted by atomic mass is 9.82. The molecule has 25 heavy (non-hydrogen) atoms. The van der Waals surface area contributed by atoms with E-state index in [1.807, 2.05) is 12.1 Å². The average molecular weight is 359 g/mol. The Morgan fingerprint density at radius 2 is 1.92 bits per heavy atom. The maximum atomic E-state index is 12.7. The SMILES string of the molecule is COc1c(O)c(O)cc2c3c(oc12)CC(c1ccc(Cl)cc1)CC3=O. The second-order valence-corrected chi connectivity index (χ2v) is 6.57. The van der Waals surface area contributed by atoms with Crippen LogP contribution in [0.3, 0.4) is 0 Å². The van der Waals surface area contributed by atoms with Gasteiger partial charge in [-0.25, -0.2) is 0 Å². The molecule has 1 aromatic heterocycles. The first-order valence-electron chi connectivity index (χ1n) is 7.82. The predicted octanol–water partition coefficient (Wildman–Crippen LogP) is 4.42. The first-order chi connectivity index (χ1) is 12.0. The number of carbonyl (C=O) groups excluding carboxylic acids is 1. The van der Waals surface area contributed by atoms with Crippen molar-refractivity contribution >= 4 is 28.4 Å². The largest absolute Gasteiger partial charge is 0.504 e. The molecule has 0 saturated heterocycles. The van der Waals surface area contributed by atoms with Gasteiger partial charge in [-0.05, 0) is 29.7 Å². The van der Waals surface area contributed by atoms with E-state index in [0.29, 0.717) is 34.6 Å². The summed E-state index contributed by atoms with van der Waals surface area (Å²) in [5.74, 6) is -0.253. The van der Waals surface area contributed by atoms with E-state index in [4.69, 9.17) is 20.8 Å². The quantitative estimate of drug-likeness (QED) is 0.663. The number of fused-ring (bicyclic) bond motifs is 3. The minimum absolute atomic E-state index is 0.00832. The number of methoxy groups -OCH3 is 1. The van der Waals surface area contributed by atoms with Crippen molar-refractivity contribution in [3.05, 3.63) is 52.2 Å². The minimum atomic E-state index is -0.400. The van der Waals surface area contributed by atoms with E-state index in [9.17, 15) is 15.0 Å². The molecule has 1 aliphatic rings. The lowest BCUT2D eigenvalue weighted by Crippen LogP contribution is -2.17. The zero-order valence-electron chi connectivity index (χ0n) is 13.4. The third kappa shape index (κ3) is 2.43. The van der Waals surface area contributed by atoms with Crippen LogP contribution in [0.5, 0.6) is 17.2 Å². The molecule has 6 heteroatoms. The molecule has 128 valence electrons. The highest BCUT2D eigenvalue weighted by molar-refractivity contribution is 6.30. The number of hydrogen-bond donors (Lipinski definition) is 2. The molecule has 1 aliphatic carbocycles. The molecule has 0 saturated carbocycles. The highest BCUT2D eigenvalue weighted by atomic mass is 35.5. The number of benzene rings is 2. The van der Waals surface area contributed by atoms with Crippen molar-refractivity contribution in [1.29, 1.82) is 0 Å². The first-order valence-corrected chi connectivity index (χ1v) is 8.20. The van der Waals surface area contributed by atoms with Crippen LogP contribution in [0.1, 0.15) is 34.0 Å². The summed E-state index contributed by atoms with van der Waals surface area (Å²) in [6.45, 7) is 0. The topological polar surface area (TPSA) is 79.9 Å². The number of furan rings is 1. The summed E-state index contributed by atoms with van der Waals surface area (Å²) in [6, 6.07) is 8.76. The maximum Gasteiger partial charge on any atom is 0.208 e. The zero-order chi connectivity index (χ0) is 17.7. The Balaban J connectivity index is 1.85. The Labute approximate surface area is 148 Å². The first kappa shape index (κ1) is 15.8. The third-order valence-electron chi connectivity index (χ3n) is 4.65. The number of phenols is 2. The molecule has 0 bridgehead atoms. The Hall–Kier alpha value is -2.66. The van der Waals surface area contributed by atoms with Crippen molar-refractivity contribution in [2.24, 2.45) is 0 Å². The molecule has 0 aliphatic heterocycles. The number of aromatic hydroxyl groups is 2. The number of Topliss-reactive ketones (excluding diaryl/α,β-unsaturated/α-hetero) is 1. The number of rotatable bonds is 2. The molecule has 2 N–H and O–H groups in total. The van der Waals surface area contributed by atoms with Crippen LogP contribution in [0.25, 0.3) is 11.0 Å². The molecular formula is C19H15ClO5. The fourth-order valence-corrected chi connectivity index (χ4v) is 3.59. The summed E-state index contributed by atoms with van der Waals surface area (Å²) in [7, 11) is 1.37. The van der Waals surface area contributed by atoms with Gasteiger partial charge in [0, 0.05) is 23.3 Å². The minimum Gasteiger partial charge on any atom is -0.504 e. The van der Waals surface area contributed by atoms with Gasteiger partial charge in [0.05, 0.1) is 12.7 Å². The highest BCUT2D eigenvalue weighted by Crippen LogP contribution is 2.47.